The van der Waals surface area contributed by atoms with Gasteiger partial charge in [-0.1, -0.05) is 34.8 Å². The molecule has 22 heavy (non-hydrogen) atoms. The Morgan fingerprint density at radius 1 is 1.05 bits per heavy atom. The van der Waals surface area contributed by atoms with Crippen LogP contribution >= 0.6 is 42.4 Å². The number of hydrogen-bond donors (Lipinski definition) is 0. The van der Waals surface area contributed by atoms with Gasteiger partial charge in [-0.25, -0.2) is 9.59 Å². The highest BCUT2D eigenvalue weighted by Gasteiger charge is 2.48. The van der Waals surface area contributed by atoms with Gasteiger partial charge in [0.2, 0.25) is 3.79 Å². The van der Waals surface area contributed by atoms with Gasteiger partial charge in [0.25, 0.3) is 0 Å². The summed E-state index contributed by atoms with van der Waals surface area (Å²) in [5.41, 5.74) is -1.60. The van der Waals surface area contributed by atoms with Crippen molar-refractivity contribution >= 4 is 54.5 Å². The monoisotopic (exact) mass is 400 g/mol. The Morgan fingerprint density at radius 3 is 1.82 bits per heavy atom. The molecule has 0 amide bonds. The third-order valence-corrected chi connectivity index (χ3v) is 5.70. The first-order valence-electron chi connectivity index (χ1n) is 5.60. The highest BCUT2D eigenvalue weighted by atomic mass is 35.6. The Hall–Kier alpha value is -0.240. The summed E-state index contributed by atoms with van der Waals surface area (Å²) in [6.07, 6.45) is -1.43. The normalized spacial score (nSPS) is 14.2. The van der Waals surface area contributed by atoms with Crippen LogP contribution in [0.3, 0.4) is 0 Å². The molecule has 0 rings (SSSR count). The fourth-order valence-electron chi connectivity index (χ4n) is 0.990. The van der Waals surface area contributed by atoms with Crippen molar-refractivity contribution in [2.45, 2.75) is 29.1 Å². The molecule has 0 aromatic heterocycles. The van der Waals surface area contributed by atoms with Gasteiger partial charge < -0.3 is 23.3 Å². The van der Waals surface area contributed by atoms with Crippen LogP contribution in [0, 0.1) is 0 Å². The average molecular weight is 402 g/mol. The summed E-state index contributed by atoms with van der Waals surface area (Å²) in [4.78, 5) is 23.4. The lowest BCUT2D eigenvalue weighted by molar-refractivity contribution is -0.149. The topological polar surface area (TPSA) is 97.4 Å². The van der Waals surface area contributed by atoms with Crippen LogP contribution in [-0.2, 0) is 32.6 Å². The zero-order valence-corrected chi connectivity index (χ0v) is 15.6. The van der Waals surface area contributed by atoms with E-state index in [4.69, 9.17) is 39.5 Å². The molecule has 8 nitrogen and oxygen atoms in total. The van der Waals surface area contributed by atoms with Crippen LogP contribution < -0.4 is 0 Å². The summed E-state index contributed by atoms with van der Waals surface area (Å²) < 4.78 is 33.3. The molecule has 0 radical (unpaired) electrons. The lowest BCUT2D eigenvalue weighted by Gasteiger charge is -2.32. The number of rotatable bonds is 6. The van der Waals surface area contributed by atoms with Gasteiger partial charge in [-0.2, -0.15) is 0 Å². The Morgan fingerprint density at radius 2 is 1.50 bits per heavy atom. The molecule has 0 aromatic carbocycles. The molecule has 0 heterocycles. The Bertz CT molecular complexity index is 454. The van der Waals surface area contributed by atoms with Crippen molar-refractivity contribution in [2.24, 2.45) is 0 Å². The Balaban J connectivity index is 5.24. The maximum absolute atomic E-state index is 12.2. The van der Waals surface area contributed by atoms with Gasteiger partial charge in [-0.05, 0) is 13.8 Å². The lowest BCUT2D eigenvalue weighted by atomic mass is 10.2. The van der Waals surface area contributed by atoms with E-state index in [9.17, 15) is 14.2 Å². The third kappa shape index (κ3) is 5.44. The van der Waals surface area contributed by atoms with E-state index in [1.807, 2.05) is 0 Å². The van der Waals surface area contributed by atoms with Crippen molar-refractivity contribution in [1.29, 1.82) is 0 Å². The van der Waals surface area contributed by atoms with Crippen LogP contribution in [0.25, 0.3) is 0 Å². The van der Waals surface area contributed by atoms with E-state index in [1.165, 1.54) is 13.8 Å². The van der Waals surface area contributed by atoms with Crippen molar-refractivity contribution < 1.29 is 37.4 Å². The van der Waals surface area contributed by atoms with Crippen LogP contribution in [0.2, 0.25) is 0 Å². The molecule has 0 saturated carbocycles. The fraction of sp³-hybridized carbons (Fsp3) is 0.800. The molecule has 0 N–H and O–H groups in total. The summed E-state index contributed by atoms with van der Waals surface area (Å²) in [5.74, 6) is -3.16. The molecule has 0 aliphatic rings. The molecule has 1 atom stereocenters. The molecular weight excluding hydrogens is 385 g/mol. The summed E-state index contributed by atoms with van der Waals surface area (Å²) in [6, 6.07) is 0. The molecule has 0 bridgehead atoms. The SMILES string of the molecule is COC(=O)C(OC(=O)OC(C)(C)C(Cl)(Cl)Cl)P(=O)(OC)OC. The molecule has 0 spiro atoms. The van der Waals surface area contributed by atoms with Crippen molar-refractivity contribution in [1.82, 2.24) is 0 Å². The van der Waals surface area contributed by atoms with Crippen LogP contribution in [0.15, 0.2) is 0 Å². The predicted molar refractivity (Wildman–Crippen MR) is 79.4 cm³/mol. The first-order valence-corrected chi connectivity index (χ1v) is 8.34. The molecule has 130 valence electrons. The van der Waals surface area contributed by atoms with E-state index < -0.39 is 35.0 Å². The number of hydrogen-bond acceptors (Lipinski definition) is 8. The number of esters is 1. The predicted octanol–water partition coefficient (Wildman–Crippen LogP) is 3.27. The number of carbonyl (C=O) groups is 2. The van der Waals surface area contributed by atoms with Gasteiger partial charge in [0.15, 0.2) is 5.60 Å². The van der Waals surface area contributed by atoms with E-state index in [0.29, 0.717) is 0 Å². The first kappa shape index (κ1) is 21.8. The number of halogens is 3. The zero-order chi connectivity index (χ0) is 17.8. The van der Waals surface area contributed by atoms with E-state index in [1.54, 1.807) is 0 Å². The lowest BCUT2D eigenvalue weighted by Crippen LogP contribution is -2.42. The van der Waals surface area contributed by atoms with Gasteiger partial charge in [0, 0.05) is 14.2 Å². The van der Waals surface area contributed by atoms with Gasteiger partial charge in [-0.15, -0.1) is 0 Å². The van der Waals surface area contributed by atoms with Gasteiger partial charge in [-0.3, -0.25) is 4.57 Å². The van der Waals surface area contributed by atoms with Gasteiger partial charge in [0.05, 0.1) is 7.11 Å². The maximum atomic E-state index is 12.2. The summed E-state index contributed by atoms with van der Waals surface area (Å²) in [6.45, 7) is 2.58. The number of carbonyl (C=O) groups excluding carboxylic acids is 2. The minimum atomic E-state index is -4.12. The van der Waals surface area contributed by atoms with Crippen molar-refractivity contribution in [3.63, 3.8) is 0 Å². The second-order valence-corrected chi connectivity index (χ2v) is 8.82. The van der Waals surface area contributed by atoms with Crippen molar-refractivity contribution in [2.75, 3.05) is 21.3 Å². The molecule has 0 aliphatic heterocycles. The van der Waals surface area contributed by atoms with Crippen LogP contribution in [0.5, 0.6) is 0 Å². The summed E-state index contributed by atoms with van der Waals surface area (Å²) in [7, 11) is -1.13. The first-order chi connectivity index (χ1) is 9.84. The zero-order valence-electron chi connectivity index (χ0n) is 12.4. The minimum Gasteiger partial charge on any atom is -0.466 e. The smallest absolute Gasteiger partial charge is 0.466 e. The maximum Gasteiger partial charge on any atom is 0.510 e. The molecule has 12 heteroatoms. The highest BCUT2D eigenvalue weighted by molar-refractivity contribution is 7.55. The van der Waals surface area contributed by atoms with Crippen molar-refractivity contribution in [3.05, 3.63) is 0 Å². The largest absolute Gasteiger partial charge is 0.510 e. The molecular formula is C10H16Cl3O8P. The van der Waals surface area contributed by atoms with Gasteiger partial charge in [0.1, 0.15) is 0 Å². The second-order valence-electron chi connectivity index (χ2n) is 4.26. The van der Waals surface area contributed by atoms with E-state index in [-0.39, 0.29) is 0 Å². The van der Waals surface area contributed by atoms with Crippen molar-refractivity contribution in [3.8, 4) is 0 Å². The Labute approximate surface area is 142 Å². The minimum absolute atomic E-state index is 0.991. The standard InChI is InChI=1S/C10H16Cl3O8P/c1-9(2,10(11,12)13)21-8(15)20-7(6(14)17-3)22(16,18-4)19-5/h7H,1-5H3. The quantitative estimate of drug-likeness (QED) is 0.380. The van der Waals surface area contributed by atoms with Gasteiger partial charge >= 0.3 is 25.6 Å². The highest BCUT2D eigenvalue weighted by Crippen LogP contribution is 2.52. The third-order valence-electron chi connectivity index (χ3n) is 2.43. The molecule has 1 unspecified atom stereocenters. The van der Waals surface area contributed by atoms with Crippen LogP contribution in [0.1, 0.15) is 13.8 Å². The molecule has 0 aromatic rings. The number of ether oxygens (including phenoxy) is 3. The molecule has 0 fully saturated rings. The Kier molecular flexibility index (Phi) is 7.95. The average Bonchev–Trinajstić information content (AvgIpc) is 2.41. The van der Waals surface area contributed by atoms with E-state index in [2.05, 4.69) is 18.5 Å². The molecule has 0 aliphatic carbocycles. The summed E-state index contributed by atoms with van der Waals surface area (Å²) in [5, 5.41) is 0. The number of alkyl halides is 3. The summed E-state index contributed by atoms with van der Waals surface area (Å²) >= 11 is 16.9. The van der Waals surface area contributed by atoms with E-state index >= 15 is 0 Å². The number of methoxy groups -OCH3 is 1. The van der Waals surface area contributed by atoms with E-state index in [0.717, 1.165) is 21.3 Å². The fourth-order valence-corrected chi connectivity index (χ4v) is 2.22. The second kappa shape index (κ2) is 8.04. The van der Waals surface area contributed by atoms with Crippen LogP contribution in [0.4, 0.5) is 4.79 Å². The molecule has 0 saturated heterocycles. The van der Waals surface area contributed by atoms with Crippen LogP contribution in [-0.4, -0.2) is 48.7 Å².